The highest BCUT2D eigenvalue weighted by Gasteiger charge is 2.16. The molecule has 0 aliphatic rings. The monoisotopic (exact) mass is 306 g/mol. The molecule has 0 radical (unpaired) electrons. The first-order chi connectivity index (χ1) is 10.0. The van der Waals surface area contributed by atoms with Crippen molar-refractivity contribution >= 4 is 17.3 Å². The molecule has 0 spiro atoms. The van der Waals surface area contributed by atoms with Gasteiger partial charge in [-0.15, -0.1) is 0 Å². The van der Waals surface area contributed by atoms with Crippen molar-refractivity contribution in [3.63, 3.8) is 0 Å². The van der Waals surface area contributed by atoms with Crippen molar-refractivity contribution < 1.29 is 14.1 Å². The van der Waals surface area contributed by atoms with Crippen LogP contribution in [0.15, 0.2) is 36.4 Å². The highest BCUT2D eigenvalue weighted by molar-refractivity contribution is 6.30. The average molecular weight is 307 g/mol. The molecule has 0 atom stereocenters. The lowest BCUT2D eigenvalue weighted by molar-refractivity contribution is -0.385. The summed E-state index contributed by atoms with van der Waals surface area (Å²) < 4.78 is 18.7. The van der Waals surface area contributed by atoms with Gasteiger partial charge in [-0.25, -0.2) is 4.39 Å². The third kappa shape index (κ3) is 3.27. The average Bonchev–Trinajstić information content (AvgIpc) is 2.45. The molecule has 0 amide bonds. The normalized spacial score (nSPS) is 9.95. The Morgan fingerprint density at radius 1 is 1.38 bits per heavy atom. The molecule has 0 aliphatic carbocycles. The minimum Gasteiger partial charge on any atom is -0.487 e. The Labute approximate surface area is 124 Å². The van der Waals surface area contributed by atoms with Crippen molar-refractivity contribution in [2.45, 2.75) is 6.61 Å². The Balaban J connectivity index is 2.28. The number of nitrogens with zero attached hydrogens (tertiary/aromatic N) is 2. The first kappa shape index (κ1) is 14.8. The number of hydrogen-bond acceptors (Lipinski definition) is 4. The number of nitro benzene ring substituents is 1. The van der Waals surface area contributed by atoms with Gasteiger partial charge in [0.25, 0.3) is 5.69 Å². The highest BCUT2D eigenvalue weighted by atomic mass is 35.5. The van der Waals surface area contributed by atoms with E-state index in [1.165, 1.54) is 30.3 Å². The number of rotatable bonds is 4. The molecule has 0 saturated carbocycles. The van der Waals surface area contributed by atoms with E-state index in [1.54, 1.807) is 6.07 Å². The van der Waals surface area contributed by atoms with Gasteiger partial charge in [-0.1, -0.05) is 17.7 Å². The van der Waals surface area contributed by atoms with Gasteiger partial charge in [0.15, 0.2) is 0 Å². The van der Waals surface area contributed by atoms with E-state index < -0.39 is 10.7 Å². The number of ether oxygens (including phenoxy) is 1. The van der Waals surface area contributed by atoms with Crippen LogP contribution in [0.1, 0.15) is 11.1 Å². The van der Waals surface area contributed by atoms with Crippen LogP contribution in [0.25, 0.3) is 0 Å². The highest BCUT2D eigenvalue weighted by Crippen LogP contribution is 2.26. The summed E-state index contributed by atoms with van der Waals surface area (Å²) >= 11 is 5.71. The van der Waals surface area contributed by atoms with Crippen molar-refractivity contribution in [2.75, 3.05) is 0 Å². The molecule has 0 aliphatic heterocycles. The van der Waals surface area contributed by atoms with Crippen LogP contribution in [0, 0.1) is 27.3 Å². The van der Waals surface area contributed by atoms with Crippen molar-refractivity contribution in [1.29, 1.82) is 5.26 Å². The maximum atomic E-state index is 13.4. The molecular weight excluding hydrogens is 299 g/mol. The van der Waals surface area contributed by atoms with Crippen LogP contribution in [0.2, 0.25) is 5.02 Å². The molecule has 5 nitrogen and oxygen atoms in total. The van der Waals surface area contributed by atoms with Crippen LogP contribution in [0.3, 0.4) is 0 Å². The maximum absolute atomic E-state index is 13.4. The van der Waals surface area contributed by atoms with E-state index in [4.69, 9.17) is 21.6 Å². The summed E-state index contributed by atoms with van der Waals surface area (Å²) in [5.41, 5.74) is -0.163. The third-order valence-electron chi connectivity index (χ3n) is 2.71. The molecule has 2 rings (SSSR count). The zero-order valence-electron chi connectivity index (χ0n) is 10.5. The minimum absolute atomic E-state index is 0.0294. The van der Waals surface area contributed by atoms with Gasteiger partial charge in [0.2, 0.25) is 0 Å². The molecule has 7 heteroatoms. The number of halogens is 2. The smallest absolute Gasteiger partial charge is 0.277 e. The number of benzene rings is 2. The predicted molar refractivity (Wildman–Crippen MR) is 73.6 cm³/mol. The lowest BCUT2D eigenvalue weighted by atomic mass is 10.2. The molecule has 0 unspecified atom stereocenters. The quantitative estimate of drug-likeness (QED) is 0.635. The lowest BCUT2D eigenvalue weighted by Crippen LogP contribution is -2.02. The SMILES string of the molecule is N#Cc1c(F)cccc1OCc1ccc(Cl)cc1[N+](=O)[O-]. The summed E-state index contributed by atoms with van der Waals surface area (Å²) in [6, 6.07) is 9.78. The molecule has 0 saturated heterocycles. The summed E-state index contributed by atoms with van der Waals surface area (Å²) in [5.74, 6) is -0.678. The molecular formula is C14H8ClFN2O3. The van der Waals surface area contributed by atoms with Crippen LogP contribution in [-0.4, -0.2) is 4.92 Å². The van der Waals surface area contributed by atoms with Crippen LogP contribution < -0.4 is 4.74 Å². The Bertz CT molecular complexity index is 743. The molecule has 21 heavy (non-hydrogen) atoms. The molecule has 2 aromatic carbocycles. The topological polar surface area (TPSA) is 76.2 Å². The first-order valence-electron chi connectivity index (χ1n) is 5.77. The van der Waals surface area contributed by atoms with Crippen LogP contribution in [0.5, 0.6) is 5.75 Å². The fourth-order valence-corrected chi connectivity index (χ4v) is 1.88. The summed E-state index contributed by atoms with van der Waals surface area (Å²) in [6.45, 7) is -0.175. The zero-order chi connectivity index (χ0) is 15.4. The first-order valence-corrected chi connectivity index (χ1v) is 6.15. The third-order valence-corrected chi connectivity index (χ3v) is 2.95. The van der Waals surface area contributed by atoms with Gasteiger partial charge in [-0.05, 0) is 24.3 Å². The summed E-state index contributed by atoms with van der Waals surface area (Å²) in [5, 5.41) is 20.1. The van der Waals surface area contributed by atoms with Crippen molar-refractivity contribution in [3.8, 4) is 11.8 Å². The second-order valence-electron chi connectivity index (χ2n) is 4.04. The largest absolute Gasteiger partial charge is 0.487 e. The summed E-state index contributed by atoms with van der Waals surface area (Å²) in [4.78, 5) is 10.4. The van der Waals surface area contributed by atoms with Gasteiger partial charge in [0.1, 0.15) is 29.8 Å². The fraction of sp³-hybridized carbons (Fsp3) is 0.0714. The molecule has 0 N–H and O–H groups in total. The van der Waals surface area contributed by atoms with E-state index in [0.717, 1.165) is 6.07 Å². The van der Waals surface area contributed by atoms with Crippen LogP contribution >= 0.6 is 11.6 Å². The Morgan fingerprint density at radius 2 is 2.14 bits per heavy atom. The molecule has 0 fully saturated rings. The molecule has 106 valence electrons. The van der Waals surface area contributed by atoms with Gasteiger partial charge in [0, 0.05) is 11.1 Å². The lowest BCUT2D eigenvalue weighted by Gasteiger charge is -2.08. The fourth-order valence-electron chi connectivity index (χ4n) is 1.72. The van der Waals surface area contributed by atoms with Crippen LogP contribution in [0.4, 0.5) is 10.1 Å². The van der Waals surface area contributed by atoms with E-state index in [-0.39, 0.29) is 34.2 Å². The number of nitriles is 1. The standard InChI is InChI=1S/C14H8ClFN2O3/c15-10-5-4-9(13(6-10)18(19)20)8-21-14-3-1-2-12(16)11(14)7-17/h1-6H,8H2. The van der Waals surface area contributed by atoms with E-state index in [2.05, 4.69) is 0 Å². The van der Waals surface area contributed by atoms with Gasteiger partial charge >= 0.3 is 0 Å². The van der Waals surface area contributed by atoms with E-state index >= 15 is 0 Å². The second kappa shape index (κ2) is 6.20. The van der Waals surface area contributed by atoms with Gasteiger partial charge in [0.05, 0.1) is 10.5 Å². The Morgan fingerprint density at radius 3 is 2.81 bits per heavy atom. The number of nitro groups is 1. The second-order valence-corrected chi connectivity index (χ2v) is 4.48. The van der Waals surface area contributed by atoms with Gasteiger partial charge in [-0.2, -0.15) is 5.26 Å². The van der Waals surface area contributed by atoms with E-state index in [9.17, 15) is 14.5 Å². The Hall–Kier alpha value is -2.65. The van der Waals surface area contributed by atoms with Crippen molar-refractivity contribution in [2.24, 2.45) is 0 Å². The van der Waals surface area contributed by atoms with Crippen LogP contribution in [-0.2, 0) is 6.61 Å². The van der Waals surface area contributed by atoms with Gasteiger partial charge in [-0.3, -0.25) is 10.1 Å². The maximum Gasteiger partial charge on any atom is 0.277 e. The van der Waals surface area contributed by atoms with Gasteiger partial charge < -0.3 is 4.74 Å². The summed E-state index contributed by atoms with van der Waals surface area (Å²) in [6.07, 6.45) is 0. The number of hydrogen-bond donors (Lipinski definition) is 0. The van der Waals surface area contributed by atoms with E-state index in [1.807, 2.05) is 0 Å². The zero-order valence-corrected chi connectivity index (χ0v) is 11.3. The molecule has 0 heterocycles. The summed E-state index contributed by atoms with van der Waals surface area (Å²) in [7, 11) is 0. The van der Waals surface area contributed by atoms with E-state index in [0.29, 0.717) is 0 Å². The molecule has 2 aromatic rings. The molecule has 0 bridgehead atoms. The van der Waals surface area contributed by atoms with Crippen molar-refractivity contribution in [1.82, 2.24) is 0 Å². The minimum atomic E-state index is -0.708. The van der Waals surface area contributed by atoms with Crippen molar-refractivity contribution in [3.05, 3.63) is 68.5 Å². The Kier molecular flexibility index (Phi) is 4.36. The molecule has 0 aromatic heterocycles. The predicted octanol–water partition coefficient (Wildman–Crippen LogP) is 3.84.